The fourth-order valence-corrected chi connectivity index (χ4v) is 1.86. The molecule has 2 aromatic rings. The fraction of sp³-hybridized carbons (Fsp3) is 0.188. The monoisotopic (exact) mass is 289 g/mol. The summed E-state index contributed by atoms with van der Waals surface area (Å²) >= 11 is 0. The van der Waals surface area contributed by atoms with E-state index < -0.39 is 5.97 Å². The molecule has 0 aromatic heterocycles. The highest BCUT2D eigenvalue weighted by Gasteiger charge is 2.11. The summed E-state index contributed by atoms with van der Waals surface area (Å²) < 4.78 is 23.4. The van der Waals surface area contributed by atoms with Crippen molar-refractivity contribution in [2.45, 2.75) is 13.5 Å². The molecule has 0 saturated heterocycles. The summed E-state index contributed by atoms with van der Waals surface area (Å²) in [6.45, 7) is 1.84. The van der Waals surface area contributed by atoms with Crippen LogP contribution in [0.4, 0.5) is 10.1 Å². The Morgan fingerprint density at radius 3 is 2.71 bits per heavy atom. The van der Waals surface area contributed by atoms with Crippen molar-refractivity contribution in [1.82, 2.24) is 0 Å². The van der Waals surface area contributed by atoms with Gasteiger partial charge in [0.05, 0.1) is 18.4 Å². The normalized spacial score (nSPS) is 10.2. The quantitative estimate of drug-likeness (QED) is 0.694. The van der Waals surface area contributed by atoms with E-state index in [2.05, 4.69) is 0 Å². The van der Waals surface area contributed by atoms with Gasteiger partial charge >= 0.3 is 5.97 Å². The Hall–Kier alpha value is -2.56. The van der Waals surface area contributed by atoms with Crippen molar-refractivity contribution in [3.8, 4) is 5.75 Å². The van der Waals surface area contributed by atoms with Crippen molar-refractivity contribution < 1.29 is 18.7 Å². The second-order valence-corrected chi connectivity index (χ2v) is 4.60. The minimum atomic E-state index is -0.517. The van der Waals surface area contributed by atoms with Crippen LogP contribution in [0.15, 0.2) is 36.4 Å². The standard InChI is InChI=1S/C16H16FNO3/c1-10-3-5-13(17)7-12(10)9-21-16(19)11-4-6-14(18)15(8-11)20-2/h3-8H,9,18H2,1-2H3. The van der Waals surface area contributed by atoms with Crippen LogP contribution in [0.1, 0.15) is 21.5 Å². The Morgan fingerprint density at radius 2 is 2.00 bits per heavy atom. The van der Waals surface area contributed by atoms with Crippen molar-refractivity contribution >= 4 is 11.7 Å². The van der Waals surface area contributed by atoms with Gasteiger partial charge in [-0.2, -0.15) is 0 Å². The van der Waals surface area contributed by atoms with Crippen LogP contribution in [0, 0.1) is 12.7 Å². The second kappa shape index (κ2) is 6.26. The molecule has 4 nitrogen and oxygen atoms in total. The van der Waals surface area contributed by atoms with Gasteiger partial charge in [-0.1, -0.05) is 6.07 Å². The summed E-state index contributed by atoms with van der Waals surface area (Å²) in [5.74, 6) is -0.468. The highest BCUT2D eigenvalue weighted by Crippen LogP contribution is 2.23. The fourth-order valence-electron chi connectivity index (χ4n) is 1.86. The number of benzene rings is 2. The number of hydrogen-bond acceptors (Lipinski definition) is 4. The zero-order valence-electron chi connectivity index (χ0n) is 11.9. The number of carbonyl (C=O) groups excluding carboxylic acids is 1. The molecular weight excluding hydrogens is 273 g/mol. The van der Waals surface area contributed by atoms with Crippen LogP contribution < -0.4 is 10.5 Å². The first kappa shape index (κ1) is 14.8. The third kappa shape index (κ3) is 3.51. The molecular formula is C16H16FNO3. The Bertz CT molecular complexity index is 671. The Labute approximate surface area is 122 Å². The van der Waals surface area contributed by atoms with Crippen LogP contribution in [0.25, 0.3) is 0 Å². The number of esters is 1. The number of methoxy groups -OCH3 is 1. The lowest BCUT2D eigenvalue weighted by molar-refractivity contribution is 0.0471. The number of nitrogens with two attached hydrogens (primary N) is 1. The SMILES string of the molecule is COc1cc(C(=O)OCc2cc(F)ccc2C)ccc1N. The Kier molecular flexibility index (Phi) is 4.42. The van der Waals surface area contributed by atoms with Crippen molar-refractivity contribution in [3.63, 3.8) is 0 Å². The van der Waals surface area contributed by atoms with Crippen LogP contribution >= 0.6 is 0 Å². The van der Waals surface area contributed by atoms with Gasteiger partial charge in [-0.05, 0) is 48.4 Å². The second-order valence-electron chi connectivity index (χ2n) is 4.60. The molecule has 0 radical (unpaired) electrons. The lowest BCUT2D eigenvalue weighted by atomic mass is 10.1. The van der Waals surface area contributed by atoms with Gasteiger partial charge in [0.25, 0.3) is 0 Å². The molecule has 0 saturated carbocycles. The molecule has 2 rings (SSSR count). The predicted octanol–water partition coefficient (Wildman–Crippen LogP) is 3.08. The molecule has 110 valence electrons. The lowest BCUT2D eigenvalue weighted by Crippen LogP contribution is -2.07. The number of hydrogen-bond donors (Lipinski definition) is 1. The van der Waals surface area contributed by atoms with Gasteiger partial charge in [0, 0.05) is 0 Å². The first-order valence-corrected chi connectivity index (χ1v) is 6.37. The Morgan fingerprint density at radius 1 is 1.24 bits per heavy atom. The van der Waals surface area contributed by atoms with Crippen molar-refractivity contribution in [2.75, 3.05) is 12.8 Å². The predicted molar refractivity (Wildman–Crippen MR) is 77.7 cm³/mol. The summed E-state index contributed by atoms with van der Waals surface area (Å²) in [6, 6.07) is 9.00. The lowest BCUT2D eigenvalue weighted by Gasteiger charge is -2.09. The van der Waals surface area contributed by atoms with E-state index in [1.54, 1.807) is 18.2 Å². The summed E-state index contributed by atoms with van der Waals surface area (Å²) in [5, 5.41) is 0. The van der Waals surface area contributed by atoms with E-state index in [0.717, 1.165) is 5.56 Å². The van der Waals surface area contributed by atoms with E-state index in [-0.39, 0.29) is 12.4 Å². The van der Waals surface area contributed by atoms with E-state index in [1.807, 2.05) is 6.92 Å². The van der Waals surface area contributed by atoms with E-state index >= 15 is 0 Å². The minimum absolute atomic E-state index is 0.00905. The van der Waals surface area contributed by atoms with Crippen molar-refractivity contribution in [3.05, 3.63) is 58.9 Å². The summed E-state index contributed by atoms with van der Waals surface area (Å²) in [6.07, 6.45) is 0. The molecule has 21 heavy (non-hydrogen) atoms. The molecule has 0 amide bonds. The number of carbonyl (C=O) groups is 1. The van der Waals surface area contributed by atoms with E-state index in [4.69, 9.17) is 15.2 Å². The van der Waals surface area contributed by atoms with Gasteiger partial charge in [0.15, 0.2) is 0 Å². The number of ether oxygens (including phenoxy) is 2. The van der Waals surface area contributed by atoms with Crippen molar-refractivity contribution in [1.29, 1.82) is 0 Å². The van der Waals surface area contributed by atoms with Crippen LogP contribution in [0.2, 0.25) is 0 Å². The molecule has 0 fully saturated rings. The highest BCUT2D eigenvalue weighted by molar-refractivity contribution is 5.90. The third-order valence-corrected chi connectivity index (χ3v) is 3.14. The summed E-state index contributed by atoms with van der Waals surface area (Å²) in [7, 11) is 1.47. The molecule has 0 bridgehead atoms. The molecule has 0 heterocycles. The average molecular weight is 289 g/mol. The van der Waals surface area contributed by atoms with Gasteiger partial charge in [-0.3, -0.25) is 0 Å². The zero-order valence-corrected chi connectivity index (χ0v) is 11.9. The Balaban J connectivity index is 2.10. The summed E-state index contributed by atoms with van der Waals surface area (Å²) in [4.78, 5) is 12.0. The van der Waals surface area contributed by atoms with Gasteiger partial charge in [-0.15, -0.1) is 0 Å². The number of aryl methyl sites for hydroxylation is 1. The first-order valence-electron chi connectivity index (χ1n) is 6.37. The molecule has 2 aromatic carbocycles. The maximum absolute atomic E-state index is 13.2. The first-order chi connectivity index (χ1) is 10.0. The van der Waals surface area contributed by atoms with Gasteiger partial charge in [0.2, 0.25) is 0 Å². The number of halogens is 1. The van der Waals surface area contributed by atoms with Crippen molar-refractivity contribution in [2.24, 2.45) is 0 Å². The smallest absolute Gasteiger partial charge is 0.338 e. The molecule has 0 aliphatic heterocycles. The van der Waals surface area contributed by atoms with Crippen LogP contribution in [-0.2, 0) is 11.3 Å². The van der Waals surface area contributed by atoms with Gasteiger partial charge < -0.3 is 15.2 Å². The number of nitrogen functional groups attached to an aromatic ring is 1. The highest BCUT2D eigenvalue weighted by atomic mass is 19.1. The average Bonchev–Trinajstić information content (AvgIpc) is 2.48. The maximum Gasteiger partial charge on any atom is 0.338 e. The van der Waals surface area contributed by atoms with Crippen LogP contribution in [0.5, 0.6) is 5.75 Å². The summed E-state index contributed by atoms with van der Waals surface area (Å²) in [5.41, 5.74) is 7.94. The van der Waals surface area contributed by atoms with E-state index in [0.29, 0.717) is 22.6 Å². The molecule has 0 aliphatic rings. The molecule has 5 heteroatoms. The molecule has 2 N–H and O–H groups in total. The van der Waals surface area contributed by atoms with Gasteiger partial charge in [0.1, 0.15) is 18.2 Å². The topological polar surface area (TPSA) is 61.5 Å². The number of rotatable bonds is 4. The molecule has 0 aliphatic carbocycles. The third-order valence-electron chi connectivity index (χ3n) is 3.14. The largest absolute Gasteiger partial charge is 0.495 e. The minimum Gasteiger partial charge on any atom is -0.495 e. The number of anilines is 1. The van der Waals surface area contributed by atoms with E-state index in [9.17, 15) is 9.18 Å². The van der Waals surface area contributed by atoms with Crippen LogP contribution in [-0.4, -0.2) is 13.1 Å². The zero-order chi connectivity index (χ0) is 15.4. The van der Waals surface area contributed by atoms with Gasteiger partial charge in [-0.25, -0.2) is 9.18 Å². The van der Waals surface area contributed by atoms with Crippen LogP contribution in [0.3, 0.4) is 0 Å². The molecule has 0 atom stereocenters. The maximum atomic E-state index is 13.2. The van der Waals surface area contributed by atoms with E-state index in [1.165, 1.54) is 25.3 Å². The molecule has 0 spiro atoms. The molecule has 0 unspecified atom stereocenters.